The summed E-state index contributed by atoms with van der Waals surface area (Å²) in [6.45, 7) is 2.07. The summed E-state index contributed by atoms with van der Waals surface area (Å²) >= 11 is 13.4. The lowest BCUT2D eigenvalue weighted by molar-refractivity contribution is 1.05. The van der Waals surface area contributed by atoms with Crippen LogP contribution >= 0.6 is 63.7 Å². The minimum atomic E-state index is -0.220. The quantitative estimate of drug-likeness (QED) is 0.606. The molecule has 0 aromatic rings. The van der Waals surface area contributed by atoms with Gasteiger partial charge in [0.15, 0.2) is 2.14 Å². The Hall–Kier alpha value is 1.92. The largest absolute Gasteiger partial charge is 0.151 e. The average molecular weight is 373 g/mol. The third-order valence-corrected chi connectivity index (χ3v) is 4.81. The second-order valence-electron chi connectivity index (χ2n) is 1.26. The molecule has 0 atom stereocenters. The number of rotatable bonds is 1. The molecule has 8 heavy (non-hydrogen) atoms. The first kappa shape index (κ1) is 9.92. The van der Waals surface area contributed by atoms with Crippen molar-refractivity contribution >= 4 is 63.7 Å². The fourth-order valence-corrected chi connectivity index (χ4v) is 1.04. The highest BCUT2D eigenvalue weighted by Gasteiger charge is 2.27. The molecular weight excluding hydrogens is 368 g/mol. The molecule has 49 valence electrons. The van der Waals surface area contributed by atoms with Crippen LogP contribution in [-0.2, 0) is 0 Å². The van der Waals surface area contributed by atoms with E-state index >= 15 is 0 Å². The Balaban J connectivity index is 3.62. The van der Waals surface area contributed by atoms with Gasteiger partial charge in [-0.2, -0.15) is 0 Å². The monoisotopic (exact) mass is 369 g/mol. The molecule has 0 N–H and O–H groups in total. The lowest BCUT2D eigenvalue weighted by Gasteiger charge is -2.15. The lowest BCUT2D eigenvalue weighted by Crippen LogP contribution is -2.06. The maximum atomic E-state index is 3.37. The van der Waals surface area contributed by atoms with Crippen LogP contribution < -0.4 is 0 Å². The van der Waals surface area contributed by atoms with E-state index in [1.807, 2.05) is 0 Å². The third-order valence-electron chi connectivity index (χ3n) is 0.618. The van der Waals surface area contributed by atoms with Gasteiger partial charge < -0.3 is 0 Å². The zero-order chi connectivity index (χ0) is 6.78. The highest BCUT2D eigenvalue weighted by atomic mass is 80.0. The molecule has 0 rings (SSSR count). The summed E-state index contributed by atoms with van der Waals surface area (Å²) in [4.78, 5) is 1.14. The Kier molecular flexibility index (Phi) is 4.88. The van der Waals surface area contributed by atoms with Crippen LogP contribution in [0.3, 0.4) is 0 Å². The molecular formula is C4H5Br4. The molecule has 0 unspecified atom stereocenters. The van der Waals surface area contributed by atoms with Crippen molar-refractivity contribution < 1.29 is 0 Å². The van der Waals surface area contributed by atoms with Gasteiger partial charge in [0.1, 0.15) is 0 Å². The van der Waals surface area contributed by atoms with Crippen LogP contribution in [0.5, 0.6) is 0 Å². The van der Waals surface area contributed by atoms with Crippen LogP contribution in [0, 0.1) is 4.83 Å². The maximum Gasteiger partial charge on any atom is 0.151 e. The first-order chi connectivity index (χ1) is 3.48. The Labute approximate surface area is 83.3 Å². The lowest BCUT2D eigenvalue weighted by atomic mass is 10.4. The molecule has 1 radical (unpaired) electrons. The van der Waals surface area contributed by atoms with Crippen LogP contribution in [0.1, 0.15) is 13.3 Å². The molecule has 0 fully saturated rings. The van der Waals surface area contributed by atoms with Crippen molar-refractivity contribution in [1.82, 2.24) is 0 Å². The summed E-state index contributed by atoms with van der Waals surface area (Å²) in [6, 6.07) is 0. The Morgan fingerprint density at radius 1 is 1.38 bits per heavy atom. The van der Waals surface area contributed by atoms with Crippen molar-refractivity contribution in [2.75, 3.05) is 0 Å². The van der Waals surface area contributed by atoms with E-state index in [1.165, 1.54) is 0 Å². The Bertz CT molecular complexity index is 64.9. The normalized spacial score (nSPS) is 12.8. The van der Waals surface area contributed by atoms with E-state index in [4.69, 9.17) is 0 Å². The molecule has 0 aliphatic carbocycles. The van der Waals surface area contributed by atoms with Crippen molar-refractivity contribution in [3.05, 3.63) is 4.83 Å². The first-order valence-electron chi connectivity index (χ1n) is 2.07. The average Bonchev–Trinajstić information content (AvgIpc) is 1.62. The van der Waals surface area contributed by atoms with E-state index in [1.54, 1.807) is 0 Å². The first-order valence-corrected chi connectivity index (χ1v) is 5.24. The van der Waals surface area contributed by atoms with E-state index in [2.05, 4.69) is 70.6 Å². The summed E-state index contributed by atoms with van der Waals surface area (Å²) in [5, 5.41) is 0. The summed E-state index contributed by atoms with van der Waals surface area (Å²) < 4.78 is -0.220. The van der Waals surface area contributed by atoms with Crippen LogP contribution in [0.25, 0.3) is 0 Å². The van der Waals surface area contributed by atoms with Crippen molar-refractivity contribution in [1.29, 1.82) is 0 Å². The van der Waals surface area contributed by atoms with Crippen molar-refractivity contribution in [2.24, 2.45) is 0 Å². The van der Waals surface area contributed by atoms with Crippen molar-refractivity contribution in [3.63, 3.8) is 0 Å². The molecule has 0 aromatic heterocycles. The fourth-order valence-electron chi connectivity index (χ4n) is 0.200. The van der Waals surface area contributed by atoms with E-state index in [0.717, 1.165) is 11.2 Å². The molecule has 0 saturated heterocycles. The molecule has 0 bridgehead atoms. The van der Waals surface area contributed by atoms with Gasteiger partial charge >= 0.3 is 0 Å². The highest BCUT2D eigenvalue weighted by molar-refractivity contribution is 9.40. The van der Waals surface area contributed by atoms with E-state index in [-0.39, 0.29) is 2.14 Å². The SMILES string of the molecule is CC[C](Br)C(Br)(Br)Br. The van der Waals surface area contributed by atoms with Crippen molar-refractivity contribution in [2.45, 2.75) is 15.5 Å². The second kappa shape index (κ2) is 3.94. The summed E-state index contributed by atoms with van der Waals surface area (Å²) in [5.41, 5.74) is 0. The van der Waals surface area contributed by atoms with Crippen LogP contribution in [0.4, 0.5) is 0 Å². The van der Waals surface area contributed by atoms with Gasteiger partial charge in [0.25, 0.3) is 0 Å². The Morgan fingerprint density at radius 3 is 1.75 bits per heavy atom. The standard InChI is InChI=1S/C4H5Br4/c1-2-3(5)4(6,7)8/h2H2,1H3. The Morgan fingerprint density at radius 2 is 1.75 bits per heavy atom. The number of alkyl halides is 3. The molecule has 0 heterocycles. The minimum Gasteiger partial charge on any atom is -0.0802 e. The van der Waals surface area contributed by atoms with Gasteiger partial charge in [-0.05, 0) is 6.42 Å². The smallest absolute Gasteiger partial charge is 0.0802 e. The van der Waals surface area contributed by atoms with Gasteiger partial charge in [0.2, 0.25) is 0 Å². The predicted molar refractivity (Wildman–Crippen MR) is 52.0 cm³/mol. The van der Waals surface area contributed by atoms with Gasteiger partial charge in [-0.15, -0.1) is 0 Å². The topological polar surface area (TPSA) is 0 Å². The summed E-state index contributed by atoms with van der Waals surface area (Å²) in [5.74, 6) is 0. The van der Waals surface area contributed by atoms with Gasteiger partial charge in [-0.3, -0.25) is 0 Å². The summed E-state index contributed by atoms with van der Waals surface area (Å²) in [6.07, 6.45) is 0.988. The van der Waals surface area contributed by atoms with Crippen LogP contribution in [-0.4, -0.2) is 2.14 Å². The molecule has 4 heteroatoms. The van der Waals surface area contributed by atoms with Gasteiger partial charge in [-0.25, -0.2) is 0 Å². The predicted octanol–water partition coefficient (Wildman–Crippen LogP) is 4.16. The summed E-state index contributed by atoms with van der Waals surface area (Å²) in [7, 11) is 0. The van der Waals surface area contributed by atoms with Gasteiger partial charge in [0.05, 0.1) is 4.83 Å². The molecule has 0 saturated carbocycles. The van der Waals surface area contributed by atoms with E-state index in [0.29, 0.717) is 0 Å². The maximum absolute atomic E-state index is 3.37. The number of hydrogen-bond donors (Lipinski definition) is 0. The zero-order valence-corrected chi connectivity index (χ0v) is 10.6. The minimum absolute atomic E-state index is 0.220. The van der Waals surface area contributed by atoms with Crippen LogP contribution in [0.15, 0.2) is 0 Å². The second-order valence-corrected chi connectivity index (χ2v) is 8.97. The van der Waals surface area contributed by atoms with Gasteiger partial charge in [-0.1, -0.05) is 70.6 Å². The molecule has 0 amide bonds. The third kappa shape index (κ3) is 3.85. The molecule has 0 aliphatic rings. The zero-order valence-electron chi connectivity index (χ0n) is 4.22. The van der Waals surface area contributed by atoms with Crippen LogP contribution in [0.2, 0.25) is 0 Å². The number of halogens is 4. The van der Waals surface area contributed by atoms with Crippen molar-refractivity contribution in [3.8, 4) is 0 Å². The molecule has 0 aromatic carbocycles. The highest BCUT2D eigenvalue weighted by Crippen LogP contribution is 2.47. The van der Waals surface area contributed by atoms with E-state index < -0.39 is 0 Å². The van der Waals surface area contributed by atoms with Gasteiger partial charge in [0, 0.05) is 0 Å². The molecule has 0 nitrogen and oxygen atoms in total. The molecule has 0 aliphatic heterocycles. The molecule has 0 spiro atoms. The number of hydrogen-bond acceptors (Lipinski definition) is 0. The van der Waals surface area contributed by atoms with E-state index in [9.17, 15) is 0 Å². The fraction of sp³-hybridized carbons (Fsp3) is 0.750.